The number of aromatic nitrogens is 2. The first-order valence-corrected chi connectivity index (χ1v) is 11.1. The van der Waals surface area contributed by atoms with Crippen LogP contribution >= 0.6 is 0 Å². The van der Waals surface area contributed by atoms with Crippen LogP contribution in [0.4, 0.5) is 23.2 Å². The third kappa shape index (κ3) is 4.30. The number of alkyl halides is 3. The lowest BCUT2D eigenvalue weighted by atomic mass is 9.90. The second-order valence-corrected chi connectivity index (χ2v) is 8.61. The van der Waals surface area contributed by atoms with Gasteiger partial charge in [-0.2, -0.15) is 13.2 Å². The molecule has 0 radical (unpaired) electrons. The Bertz CT molecular complexity index is 1360. The third-order valence-corrected chi connectivity index (χ3v) is 6.28. The molecule has 4 aromatic rings. The first-order chi connectivity index (χ1) is 16.3. The van der Waals surface area contributed by atoms with Gasteiger partial charge in [-0.05, 0) is 49.9 Å². The van der Waals surface area contributed by atoms with E-state index in [4.69, 9.17) is 0 Å². The van der Waals surface area contributed by atoms with Crippen LogP contribution in [-0.2, 0) is 6.18 Å². The van der Waals surface area contributed by atoms with Crippen LogP contribution < -0.4 is 10.6 Å². The van der Waals surface area contributed by atoms with E-state index in [-0.39, 0.29) is 34.5 Å². The average molecular weight is 470 g/mol. The molecule has 2 aromatic carbocycles. The van der Waals surface area contributed by atoms with Gasteiger partial charge in [0.05, 0.1) is 11.1 Å². The minimum atomic E-state index is -4.56. The van der Waals surface area contributed by atoms with Gasteiger partial charge in [-0.25, -0.2) is 9.37 Å². The number of pyridine rings is 1. The third-order valence-electron chi connectivity index (χ3n) is 6.28. The summed E-state index contributed by atoms with van der Waals surface area (Å²) in [5.74, 6) is -0.854. The van der Waals surface area contributed by atoms with E-state index in [0.717, 1.165) is 25.3 Å². The lowest BCUT2D eigenvalue weighted by Crippen LogP contribution is -2.41. The molecule has 1 fully saturated rings. The van der Waals surface area contributed by atoms with Crippen molar-refractivity contribution in [1.29, 1.82) is 0 Å². The van der Waals surface area contributed by atoms with Crippen LogP contribution in [0.2, 0.25) is 0 Å². The quantitative estimate of drug-likeness (QED) is 0.319. The van der Waals surface area contributed by atoms with Crippen molar-refractivity contribution in [3.05, 3.63) is 71.8 Å². The first kappa shape index (κ1) is 22.2. The topological polar surface area (TPSA) is 69.8 Å². The zero-order valence-corrected chi connectivity index (χ0v) is 18.0. The number of nitrogens with one attached hydrogen (secondary N) is 3. The number of amides is 1. The van der Waals surface area contributed by atoms with Gasteiger partial charge in [-0.1, -0.05) is 24.3 Å². The van der Waals surface area contributed by atoms with Crippen LogP contribution in [-0.4, -0.2) is 28.0 Å². The second kappa shape index (κ2) is 8.62. The molecule has 0 saturated heterocycles. The highest BCUT2D eigenvalue weighted by Gasteiger charge is 2.34. The van der Waals surface area contributed by atoms with E-state index >= 15 is 0 Å². The molecule has 2 aromatic heterocycles. The van der Waals surface area contributed by atoms with Crippen molar-refractivity contribution < 1.29 is 22.4 Å². The van der Waals surface area contributed by atoms with Crippen molar-refractivity contribution in [2.45, 2.75) is 43.9 Å². The van der Waals surface area contributed by atoms with Crippen molar-refractivity contribution in [1.82, 2.24) is 15.3 Å². The average Bonchev–Trinajstić information content (AvgIpc) is 3.24. The zero-order chi connectivity index (χ0) is 23.9. The molecule has 2 atom stereocenters. The summed E-state index contributed by atoms with van der Waals surface area (Å²) >= 11 is 0. The first-order valence-electron chi connectivity index (χ1n) is 11.1. The highest BCUT2D eigenvalue weighted by Crippen LogP contribution is 2.34. The Morgan fingerprint density at radius 1 is 1.06 bits per heavy atom. The molecule has 5 rings (SSSR count). The summed E-state index contributed by atoms with van der Waals surface area (Å²) in [5, 5.41) is 7.08. The van der Waals surface area contributed by atoms with Crippen LogP contribution in [0.1, 0.15) is 41.7 Å². The molecule has 1 aliphatic carbocycles. The predicted octanol–water partition coefficient (Wildman–Crippen LogP) is 6.03. The van der Waals surface area contributed by atoms with Crippen LogP contribution in [0.15, 0.2) is 54.7 Å². The fraction of sp³-hybridized carbons (Fsp3) is 0.280. The molecule has 9 heteroatoms. The molecule has 5 nitrogen and oxygen atoms in total. The second-order valence-electron chi connectivity index (χ2n) is 8.61. The summed E-state index contributed by atoms with van der Waals surface area (Å²) in [4.78, 5) is 19.6. The van der Waals surface area contributed by atoms with Crippen molar-refractivity contribution in [2.75, 3.05) is 5.32 Å². The van der Waals surface area contributed by atoms with E-state index in [2.05, 4.69) is 20.6 Å². The number of rotatable bonds is 4. The van der Waals surface area contributed by atoms with Gasteiger partial charge < -0.3 is 15.6 Å². The molecule has 1 aliphatic rings. The van der Waals surface area contributed by atoms with Gasteiger partial charge in [0.15, 0.2) is 0 Å². The summed E-state index contributed by atoms with van der Waals surface area (Å²) in [5.41, 5.74) is 0.461. The molecule has 1 saturated carbocycles. The maximum absolute atomic E-state index is 14.3. The van der Waals surface area contributed by atoms with Crippen LogP contribution in [0.3, 0.4) is 0 Å². The number of anilines is 1. The van der Waals surface area contributed by atoms with Gasteiger partial charge in [0.1, 0.15) is 11.5 Å². The highest BCUT2D eigenvalue weighted by molar-refractivity contribution is 6.07. The summed E-state index contributed by atoms with van der Waals surface area (Å²) in [6.45, 7) is 0. The Morgan fingerprint density at radius 3 is 2.68 bits per heavy atom. The van der Waals surface area contributed by atoms with Crippen molar-refractivity contribution in [3.8, 4) is 0 Å². The molecule has 2 heterocycles. The molecular formula is C25H22F4N4O. The number of nitrogens with zero attached hydrogens (tertiary/aromatic N) is 1. The van der Waals surface area contributed by atoms with E-state index in [1.165, 1.54) is 12.3 Å². The van der Waals surface area contributed by atoms with Gasteiger partial charge in [-0.3, -0.25) is 4.79 Å². The van der Waals surface area contributed by atoms with E-state index in [0.29, 0.717) is 23.0 Å². The number of aromatic amines is 1. The zero-order valence-electron chi connectivity index (χ0n) is 18.0. The van der Waals surface area contributed by atoms with Gasteiger partial charge in [0, 0.05) is 40.3 Å². The Balaban J connectivity index is 1.34. The molecular weight excluding hydrogens is 448 g/mol. The van der Waals surface area contributed by atoms with Gasteiger partial charge >= 0.3 is 6.18 Å². The Labute approximate surface area is 192 Å². The van der Waals surface area contributed by atoms with Crippen molar-refractivity contribution in [3.63, 3.8) is 0 Å². The number of fused-ring (bicyclic) bond motifs is 2. The van der Waals surface area contributed by atoms with Crippen LogP contribution in [0, 0.1) is 5.82 Å². The van der Waals surface area contributed by atoms with Crippen LogP contribution in [0.5, 0.6) is 0 Å². The Kier molecular flexibility index (Phi) is 5.63. The fourth-order valence-corrected chi connectivity index (χ4v) is 4.69. The van der Waals surface area contributed by atoms with E-state index in [1.807, 2.05) is 0 Å². The Hall–Kier alpha value is -3.62. The number of hydrogen-bond donors (Lipinski definition) is 3. The molecule has 1 amide bonds. The molecule has 3 N–H and O–H groups in total. The number of carbonyl (C=O) groups is 1. The maximum atomic E-state index is 14.3. The molecule has 34 heavy (non-hydrogen) atoms. The monoisotopic (exact) mass is 470 g/mol. The summed E-state index contributed by atoms with van der Waals surface area (Å²) in [7, 11) is 0. The largest absolute Gasteiger partial charge is 0.433 e. The maximum Gasteiger partial charge on any atom is 0.433 e. The summed E-state index contributed by atoms with van der Waals surface area (Å²) in [6.07, 6.45) is -0.248. The molecule has 0 bridgehead atoms. The van der Waals surface area contributed by atoms with E-state index in [1.54, 1.807) is 36.4 Å². The lowest BCUT2D eigenvalue weighted by molar-refractivity contribution is -0.140. The number of benzene rings is 2. The summed E-state index contributed by atoms with van der Waals surface area (Å²) in [6, 6.07) is 12.0. The number of H-pyrrole nitrogens is 1. The predicted molar refractivity (Wildman–Crippen MR) is 122 cm³/mol. The number of halogens is 4. The smallest absolute Gasteiger partial charge is 0.382 e. The number of hydrogen-bond acceptors (Lipinski definition) is 3. The number of carbonyl (C=O) groups excluding carboxylic acids is 1. The minimum Gasteiger partial charge on any atom is -0.382 e. The van der Waals surface area contributed by atoms with Gasteiger partial charge in [-0.15, -0.1) is 0 Å². The fourth-order valence-electron chi connectivity index (χ4n) is 4.69. The molecule has 0 aliphatic heterocycles. The highest BCUT2D eigenvalue weighted by atomic mass is 19.4. The number of para-hydroxylation sites is 1. The summed E-state index contributed by atoms with van der Waals surface area (Å²) < 4.78 is 54.4. The molecule has 176 valence electrons. The van der Waals surface area contributed by atoms with E-state index < -0.39 is 17.7 Å². The lowest BCUT2D eigenvalue weighted by Gasteiger charge is -2.31. The minimum absolute atomic E-state index is 0.134. The van der Waals surface area contributed by atoms with E-state index in [9.17, 15) is 22.4 Å². The Morgan fingerprint density at radius 2 is 1.85 bits per heavy atom. The van der Waals surface area contributed by atoms with Crippen molar-refractivity contribution in [2.24, 2.45) is 0 Å². The molecule has 0 unspecified atom stereocenters. The normalized spacial score (nSPS) is 18.8. The van der Waals surface area contributed by atoms with Gasteiger partial charge in [0.2, 0.25) is 0 Å². The molecule has 0 spiro atoms. The van der Waals surface area contributed by atoms with Crippen LogP contribution in [0.25, 0.3) is 21.8 Å². The SMILES string of the molecule is O=C(N[C@@H]1CCC[C@H](Nc2cc(C(F)(F)F)nc3ccccc23)C1)c1c[nH]c2cccc(F)c12. The van der Waals surface area contributed by atoms with Gasteiger partial charge in [0.25, 0.3) is 5.91 Å². The van der Waals surface area contributed by atoms with Crippen molar-refractivity contribution >= 4 is 33.4 Å². The standard InChI is InChI=1S/C25H22F4N4O/c26-18-8-4-10-20-23(18)17(13-30-20)24(34)32-15-6-3-5-14(11-15)31-21-12-22(25(27,28)29)33-19-9-2-1-7-16(19)21/h1-2,4,7-10,12-15,30H,3,5-6,11H2,(H,31,33)(H,32,34)/t14-,15+/m0/s1.